The molecule has 1 aromatic carbocycles. The average Bonchev–Trinajstić information content (AvgIpc) is 2.39. The Hall–Kier alpha value is -2.37. The molecule has 0 amide bonds. The number of hydrogen-bond acceptors (Lipinski definition) is 3. The number of methoxy groups -OCH3 is 1. The highest BCUT2D eigenvalue weighted by Crippen LogP contribution is 2.26. The van der Waals surface area contributed by atoms with Crippen LogP contribution in [0.4, 0.5) is 13.2 Å². The van der Waals surface area contributed by atoms with Crippen molar-refractivity contribution in [2.24, 2.45) is 0 Å². The lowest BCUT2D eigenvalue weighted by atomic mass is 10.1. The van der Waals surface area contributed by atoms with Gasteiger partial charge in [-0.3, -0.25) is 4.98 Å². The van der Waals surface area contributed by atoms with Crippen molar-refractivity contribution in [3.63, 3.8) is 0 Å². The minimum absolute atomic E-state index is 0.232. The Morgan fingerprint density at radius 2 is 1.95 bits per heavy atom. The summed E-state index contributed by atoms with van der Waals surface area (Å²) in [5.74, 6) is -3.66. The molecule has 0 saturated heterocycles. The van der Waals surface area contributed by atoms with Gasteiger partial charge >= 0.3 is 5.97 Å². The van der Waals surface area contributed by atoms with Gasteiger partial charge in [0.15, 0.2) is 5.82 Å². The van der Waals surface area contributed by atoms with Gasteiger partial charge in [-0.2, -0.15) is 0 Å². The van der Waals surface area contributed by atoms with Gasteiger partial charge in [-0.15, -0.1) is 0 Å². The minimum atomic E-state index is -1.01. The van der Waals surface area contributed by atoms with Gasteiger partial charge in [0, 0.05) is 17.8 Å². The first-order chi connectivity index (χ1) is 9.04. The lowest BCUT2D eigenvalue weighted by Crippen LogP contribution is -2.07. The predicted octanol–water partition coefficient (Wildman–Crippen LogP) is 2.95. The van der Waals surface area contributed by atoms with Crippen LogP contribution < -0.4 is 0 Å². The van der Waals surface area contributed by atoms with Crippen molar-refractivity contribution in [3.8, 4) is 11.3 Å². The first kappa shape index (κ1) is 13.1. The van der Waals surface area contributed by atoms with Crippen molar-refractivity contribution in [1.82, 2.24) is 4.98 Å². The number of pyridine rings is 1. The van der Waals surface area contributed by atoms with Gasteiger partial charge in [-0.25, -0.2) is 18.0 Å². The highest BCUT2D eigenvalue weighted by Gasteiger charge is 2.19. The summed E-state index contributed by atoms with van der Waals surface area (Å²) in [5, 5.41) is 0. The summed E-state index contributed by atoms with van der Waals surface area (Å²) < 4.78 is 44.8. The van der Waals surface area contributed by atoms with Crippen molar-refractivity contribution in [2.75, 3.05) is 7.11 Å². The Labute approximate surface area is 106 Å². The molecule has 0 N–H and O–H groups in total. The molecule has 98 valence electrons. The fraction of sp³-hybridized carbons (Fsp3) is 0.0769. The first-order valence-electron chi connectivity index (χ1n) is 5.23. The molecule has 0 atom stereocenters. The lowest BCUT2D eigenvalue weighted by molar-refractivity contribution is 0.0595. The van der Waals surface area contributed by atoms with E-state index in [2.05, 4.69) is 9.72 Å². The maximum Gasteiger partial charge on any atom is 0.340 e. The lowest BCUT2D eigenvalue weighted by Gasteiger charge is -2.07. The number of esters is 1. The smallest absolute Gasteiger partial charge is 0.340 e. The predicted molar refractivity (Wildman–Crippen MR) is 60.9 cm³/mol. The molecule has 0 fully saturated rings. The largest absolute Gasteiger partial charge is 0.465 e. The summed E-state index contributed by atoms with van der Waals surface area (Å²) in [6.45, 7) is 0. The number of halogens is 3. The van der Waals surface area contributed by atoms with Crippen LogP contribution in [-0.2, 0) is 4.74 Å². The zero-order valence-corrected chi connectivity index (χ0v) is 9.78. The molecule has 0 aliphatic carbocycles. The van der Waals surface area contributed by atoms with Crippen LogP contribution in [-0.4, -0.2) is 18.1 Å². The number of carbonyl (C=O) groups is 1. The van der Waals surface area contributed by atoms with Crippen molar-refractivity contribution in [3.05, 3.63) is 53.5 Å². The molecule has 6 heteroatoms. The van der Waals surface area contributed by atoms with Crippen LogP contribution in [0.5, 0.6) is 0 Å². The van der Waals surface area contributed by atoms with Gasteiger partial charge in [0.25, 0.3) is 0 Å². The molecule has 2 aromatic rings. The molecule has 0 radical (unpaired) electrons. The number of aromatic nitrogens is 1. The minimum Gasteiger partial charge on any atom is -0.465 e. The van der Waals surface area contributed by atoms with Crippen molar-refractivity contribution < 1.29 is 22.7 Å². The molecular formula is C13H8F3NO2. The molecule has 19 heavy (non-hydrogen) atoms. The monoisotopic (exact) mass is 267 g/mol. The topological polar surface area (TPSA) is 39.2 Å². The molecule has 0 aliphatic heterocycles. The van der Waals surface area contributed by atoms with Crippen molar-refractivity contribution >= 4 is 5.97 Å². The zero-order valence-electron chi connectivity index (χ0n) is 9.78. The van der Waals surface area contributed by atoms with Crippen molar-refractivity contribution in [2.45, 2.75) is 0 Å². The summed E-state index contributed by atoms with van der Waals surface area (Å²) in [5.41, 5.74) is -0.971. The standard InChI is InChI=1S/C13H8F3NO2/c1-19-13(18)9-4-5-17-12(11(9)16)8-3-2-7(14)6-10(8)15/h2-6H,1H3. The number of nitrogens with zero attached hydrogens (tertiary/aromatic N) is 1. The Morgan fingerprint density at radius 1 is 1.21 bits per heavy atom. The van der Waals surface area contributed by atoms with E-state index in [-0.39, 0.29) is 16.8 Å². The fourth-order valence-electron chi connectivity index (χ4n) is 1.58. The van der Waals surface area contributed by atoms with E-state index in [1.807, 2.05) is 0 Å². The number of ether oxygens (including phenoxy) is 1. The third-order valence-electron chi connectivity index (χ3n) is 2.48. The number of hydrogen-bond donors (Lipinski definition) is 0. The Bertz CT molecular complexity index is 644. The molecule has 0 aliphatic rings. The summed E-state index contributed by atoms with van der Waals surface area (Å²) in [6.07, 6.45) is 1.15. The van der Waals surface area contributed by atoms with Gasteiger partial charge in [-0.1, -0.05) is 0 Å². The van der Waals surface area contributed by atoms with Gasteiger partial charge in [0.05, 0.1) is 12.7 Å². The van der Waals surface area contributed by atoms with E-state index < -0.39 is 23.4 Å². The van der Waals surface area contributed by atoms with Crippen LogP contribution >= 0.6 is 0 Å². The van der Waals surface area contributed by atoms with Gasteiger partial charge in [-0.05, 0) is 18.2 Å². The second-order valence-corrected chi connectivity index (χ2v) is 3.64. The second-order valence-electron chi connectivity index (χ2n) is 3.64. The highest BCUT2D eigenvalue weighted by molar-refractivity contribution is 5.90. The Balaban J connectivity index is 2.60. The molecule has 0 saturated carbocycles. The SMILES string of the molecule is COC(=O)c1ccnc(-c2ccc(F)cc2F)c1F. The zero-order chi connectivity index (χ0) is 14.0. The maximum absolute atomic E-state index is 14.1. The van der Waals surface area contributed by atoms with E-state index in [1.54, 1.807) is 0 Å². The molecular weight excluding hydrogens is 259 g/mol. The number of carbonyl (C=O) groups excluding carboxylic acids is 1. The van der Waals surface area contributed by atoms with Crippen LogP contribution in [0.2, 0.25) is 0 Å². The van der Waals surface area contributed by atoms with Crippen LogP contribution in [0.3, 0.4) is 0 Å². The van der Waals surface area contributed by atoms with E-state index in [9.17, 15) is 18.0 Å². The first-order valence-corrected chi connectivity index (χ1v) is 5.23. The maximum atomic E-state index is 14.1. The molecule has 0 unspecified atom stereocenters. The van der Waals surface area contributed by atoms with Gasteiger partial charge < -0.3 is 4.74 Å². The number of rotatable bonds is 2. The Kier molecular flexibility index (Phi) is 3.50. The molecule has 0 spiro atoms. The fourth-order valence-corrected chi connectivity index (χ4v) is 1.58. The summed E-state index contributed by atoms with van der Waals surface area (Å²) in [7, 11) is 1.10. The van der Waals surface area contributed by atoms with Gasteiger partial charge in [0.2, 0.25) is 0 Å². The van der Waals surface area contributed by atoms with Crippen LogP contribution in [0.1, 0.15) is 10.4 Å². The Morgan fingerprint density at radius 3 is 2.58 bits per heavy atom. The van der Waals surface area contributed by atoms with Crippen LogP contribution in [0, 0.1) is 17.5 Å². The van der Waals surface area contributed by atoms with Crippen LogP contribution in [0.25, 0.3) is 11.3 Å². The third-order valence-corrected chi connectivity index (χ3v) is 2.48. The molecule has 1 heterocycles. The second kappa shape index (κ2) is 5.09. The van der Waals surface area contributed by atoms with E-state index in [4.69, 9.17) is 0 Å². The summed E-state index contributed by atoms with van der Waals surface area (Å²) in [4.78, 5) is 15.0. The van der Waals surface area contributed by atoms with E-state index in [0.29, 0.717) is 6.07 Å². The average molecular weight is 267 g/mol. The summed E-state index contributed by atoms with van der Waals surface area (Å²) >= 11 is 0. The van der Waals surface area contributed by atoms with Crippen LogP contribution in [0.15, 0.2) is 30.5 Å². The summed E-state index contributed by atoms with van der Waals surface area (Å²) in [6, 6.07) is 3.76. The van der Waals surface area contributed by atoms with Crippen molar-refractivity contribution in [1.29, 1.82) is 0 Å². The van der Waals surface area contributed by atoms with E-state index >= 15 is 0 Å². The molecule has 0 bridgehead atoms. The molecule has 1 aromatic heterocycles. The quantitative estimate of drug-likeness (QED) is 0.785. The highest BCUT2D eigenvalue weighted by atomic mass is 19.1. The number of benzene rings is 1. The van der Waals surface area contributed by atoms with E-state index in [0.717, 1.165) is 31.5 Å². The van der Waals surface area contributed by atoms with Gasteiger partial charge in [0.1, 0.15) is 17.3 Å². The molecule has 2 rings (SSSR count). The normalized spacial score (nSPS) is 10.3. The third kappa shape index (κ3) is 2.42. The molecule has 3 nitrogen and oxygen atoms in total. The van der Waals surface area contributed by atoms with E-state index in [1.165, 1.54) is 0 Å².